The summed E-state index contributed by atoms with van der Waals surface area (Å²) < 4.78 is 0. The van der Waals surface area contributed by atoms with E-state index in [-0.39, 0.29) is 5.91 Å². The van der Waals surface area contributed by atoms with Crippen molar-refractivity contribution in [2.75, 3.05) is 31.5 Å². The molecule has 25 heavy (non-hydrogen) atoms. The van der Waals surface area contributed by atoms with Crippen LogP contribution in [0.2, 0.25) is 0 Å². The molecule has 1 fully saturated rings. The maximum atomic E-state index is 12.5. The Bertz CT molecular complexity index is 765. The SMILES string of the molecule is Cc1ccc(Nc2ccc(C(=O)N3CCN(C=O)CC3)nc2)c(C)c1. The Morgan fingerprint density at radius 2 is 1.88 bits per heavy atom. The van der Waals surface area contributed by atoms with Crippen LogP contribution >= 0.6 is 0 Å². The number of piperazine rings is 1. The van der Waals surface area contributed by atoms with E-state index in [2.05, 4.69) is 36.3 Å². The predicted molar refractivity (Wildman–Crippen MR) is 97.0 cm³/mol. The van der Waals surface area contributed by atoms with Crippen LogP contribution in [0.15, 0.2) is 36.5 Å². The number of hydrogen-bond donors (Lipinski definition) is 1. The van der Waals surface area contributed by atoms with Crippen molar-refractivity contribution < 1.29 is 9.59 Å². The highest BCUT2D eigenvalue weighted by molar-refractivity contribution is 5.92. The largest absolute Gasteiger partial charge is 0.354 e. The molecule has 0 spiro atoms. The molecule has 2 amide bonds. The van der Waals surface area contributed by atoms with Gasteiger partial charge in [-0.15, -0.1) is 0 Å². The first-order valence-electron chi connectivity index (χ1n) is 8.36. The van der Waals surface area contributed by atoms with E-state index >= 15 is 0 Å². The molecule has 0 unspecified atom stereocenters. The summed E-state index contributed by atoms with van der Waals surface area (Å²) in [7, 11) is 0. The molecule has 1 N–H and O–H groups in total. The first-order valence-corrected chi connectivity index (χ1v) is 8.36. The van der Waals surface area contributed by atoms with Gasteiger partial charge in [0.05, 0.1) is 11.9 Å². The molecule has 2 heterocycles. The number of rotatable bonds is 4. The molecule has 130 valence electrons. The van der Waals surface area contributed by atoms with E-state index in [0.29, 0.717) is 31.9 Å². The van der Waals surface area contributed by atoms with E-state index in [9.17, 15) is 9.59 Å². The number of hydrogen-bond acceptors (Lipinski definition) is 4. The fourth-order valence-corrected chi connectivity index (χ4v) is 2.90. The first kappa shape index (κ1) is 17.0. The summed E-state index contributed by atoms with van der Waals surface area (Å²) in [5.41, 5.74) is 4.67. The highest BCUT2D eigenvalue weighted by Gasteiger charge is 2.22. The van der Waals surface area contributed by atoms with Crippen molar-refractivity contribution in [2.24, 2.45) is 0 Å². The molecule has 0 aliphatic carbocycles. The van der Waals surface area contributed by atoms with Crippen molar-refractivity contribution in [1.29, 1.82) is 0 Å². The zero-order valence-electron chi connectivity index (χ0n) is 14.5. The number of aromatic nitrogens is 1. The standard InChI is InChI=1S/C19H22N4O2/c1-14-3-5-17(15(2)11-14)21-16-4-6-18(20-12-16)19(25)23-9-7-22(13-24)8-10-23/h3-6,11-13,21H,7-10H2,1-2H3. The molecule has 0 atom stereocenters. The summed E-state index contributed by atoms with van der Waals surface area (Å²) >= 11 is 0. The number of amides is 2. The Labute approximate surface area is 147 Å². The van der Waals surface area contributed by atoms with Crippen LogP contribution in [0.5, 0.6) is 0 Å². The van der Waals surface area contributed by atoms with E-state index in [1.807, 2.05) is 12.1 Å². The smallest absolute Gasteiger partial charge is 0.272 e. The second kappa shape index (κ2) is 7.34. The number of carbonyl (C=O) groups is 2. The third kappa shape index (κ3) is 3.96. The van der Waals surface area contributed by atoms with Crippen LogP contribution < -0.4 is 5.32 Å². The van der Waals surface area contributed by atoms with Crippen LogP contribution in [-0.4, -0.2) is 53.3 Å². The topological polar surface area (TPSA) is 65.5 Å². The number of aryl methyl sites for hydroxylation is 2. The van der Waals surface area contributed by atoms with Gasteiger partial charge in [-0.1, -0.05) is 17.7 Å². The van der Waals surface area contributed by atoms with Gasteiger partial charge < -0.3 is 15.1 Å². The maximum absolute atomic E-state index is 12.5. The van der Waals surface area contributed by atoms with Crippen molar-refractivity contribution >= 4 is 23.7 Å². The van der Waals surface area contributed by atoms with Gasteiger partial charge >= 0.3 is 0 Å². The highest BCUT2D eigenvalue weighted by Crippen LogP contribution is 2.21. The Kier molecular flexibility index (Phi) is 4.97. The summed E-state index contributed by atoms with van der Waals surface area (Å²) in [5.74, 6) is -0.0939. The Balaban J connectivity index is 1.65. The number of anilines is 2. The van der Waals surface area contributed by atoms with Gasteiger partial charge in [-0.3, -0.25) is 9.59 Å². The summed E-state index contributed by atoms with van der Waals surface area (Å²) in [6.07, 6.45) is 2.50. The minimum Gasteiger partial charge on any atom is -0.354 e. The van der Waals surface area contributed by atoms with Gasteiger partial charge in [0.1, 0.15) is 5.69 Å². The summed E-state index contributed by atoms with van der Waals surface area (Å²) in [6, 6.07) is 9.81. The van der Waals surface area contributed by atoms with Crippen LogP contribution in [0.1, 0.15) is 21.6 Å². The van der Waals surface area contributed by atoms with Crippen molar-refractivity contribution in [3.05, 3.63) is 53.3 Å². The van der Waals surface area contributed by atoms with Gasteiger partial charge in [-0.05, 0) is 37.6 Å². The molecule has 3 rings (SSSR count). The van der Waals surface area contributed by atoms with Crippen LogP contribution in [0.4, 0.5) is 11.4 Å². The monoisotopic (exact) mass is 338 g/mol. The molecule has 6 heteroatoms. The van der Waals surface area contributed by atoms with Crippen LogP contribution in [-0.2, 0) is 4.79 Å². The average Bonchev–Trinajstić information content (AvgIpc) is 2.64. The minimum atomic E-state index is -0.0939. The Hall–Kier alpha value is -2.89. The molecule has 1 aromatic heterocycles. The second-order valence-corrected chi connectivity index (χ2v) is 6.31. The summed E-state index contributed by atoms with van der Waals surface area (Å²) in [4.78, 5) is 30.9. The second-order valence-electron chi connectivity index (χ2n) is 6.31. The van der Waals surface area contributed by atoms with Gasteiger partial charge in [0.25, 0.3) is 5.91 Å². The minimum absolute atomic E-state index is 0.0939. The molecule has 1 aromatic carbocycles. The molecular formula is C19H22N4O2. The number of carbonyl (C=O) groups excluding carboxylic acids is 2. The molecular weight excluding hydrogens is 316 g/mol. The van der Waals surface area contributed by atoms with E-state index in [1.54, 1.807) is 22.1 Å². The zero-order valence-corrected chi connectivity index (χ0v) is 14.5. The predicted octanol–water partition coefficient (Wildman–Crippen LogP) is 2.36. The number of benzene rings is 1. The molecule has 1 aliphatic rings. The fraction of sp³-hybridized carbons (Fsp3) is 0.316. The lowest BCUT2D eigenvalue weighted by Gasteiger charge is -2.32. The van der Waals surface area contributed by atoms with Crippen molar-refractivity contribution in [1.82, 2.24) is 14.8 Å². The summed E-state index contributed by atoms with van der Waals surface area (Å²) in [5, 5.41) is 3.33. The van der Waals surface area contributed by atoms with E-state index in [1.165, 1.54) is 5.56 Å². The van der Waals surface area contributed by atoms with Gasteiger partial charge in [0.2, 0.25) is 6.41 Å². The highest BCUT2D eigenvalue weighted by atomic mass is 16.2. The third-order valence-corrected chi connectivity index (χ3v) is 4.39. The normalized spacial score (nSPS) is 14.3. The van der Waals surface area contributed by atoms with Crippen LogP contribution in [0.3, 0.4) is 0 Å². The first-order chi connectivity index (χ1) is 12.1. The lowest BCUT2D eigenvalue weighted by molar-refractivity contribution is -0.119. The summed E-state index contributed by atoms with van der Waals surface area (Å²) in [6.45, 7) is 6.35. The van der Waals surface area contributed by atoms with E-state index in [4.69, 9.17) is 0 Å². The van der Waals surface area contributed by atoms with Gasteiger partial charge in [-0.25, -0.2) is 4.98 Å². The Morgan fingerprint density at radius 3 is 2.48 bits per heavy atom. The molecule has 0 bridgehead atoms. The fourth-order valence-electron chi connectivity index (χ4n) is 2.90. The molecule has 1 saturated heterocycles. The van der Waals surface area contributed by atoms with E-state index < -0.39 is 0 Å². The van der Waals surface area contributed by atoms with Gasteiger partial charge in [0, 0.05) is 31.9 Å². The lowest BCUT2D eigenvalue weighted by Crippen LogP contribution is -2.48. The number of pyridine rings is 1. The van der Waals surface area contributed by atoms with Gasteiger partial charge in [-0.2, -0.15) is 0 Å². The van der Waals surface area contributed by atoms with Crippen LogP contribution in [0.25, 0.3) is 0 Å². The number of nitrogens with one attached hydrogen (secondary N) is 1. The number of nitrogens with zero attached hydrogens (tertiary/aromatic N) is 3. The third-order valence-electron chi connectivity index (χ3n) is 4.39. The van der Waals surface area contributed by atoms with Crippen LogP contribution in [0, 0.1) is 13.8 Å². The quantitative estimate of drug-likeness (QED) is 0.869. The maximum Gasteiger partial charge on any atom is 0.272 e. The molecule has 0 radical (unpaired) electrons. The van der Waals surface area contributed by atoms with Crippen molar-refractivity contribution in [3.63, 3.8) is 0 Å². The lowest BCUT2D eigenvalue weighted by atomic mass is 10.1. The van der Waals surface area contributed by atoms with Gasteiger partial charge in [0.15, 0.2) is 0 Å². The van der Waals surface area contributed by atoms with E-state index in [0.717, 1.165) is 23.3 Å². The van der Waals surface area contributed by atoms with Crippen molar-refractivity contribution in [2.45, 2.75) is 13.8 Å². The van der Waals surface area contributed by atoms with Crippen molar-refractivity contribution in [3.8, 4) is 0 Å². The molecule has 6 nitrogen and oxygen atoms in total. The molecule has 2 aromatic rings. The average molecular weight is 338 g/mol. The zero-order chi connectivity index (χ0) is 17.8. The molecule has 1 aliphatic heterocycles. The Morgan fingerprint density at radius 1 is 1.12 bits per heavy atom. The molecule has 0 saturated carbocycles.